The van der Waals surface area contributed by atoms with Crippen LogP contribution in [-0.2, 0) is 6.18 Å². The van der Waals surface area contributed by atoms with Gasteiger partial charge in [0, 0.05) is 36.8 Å². The van der Waals surface area contributed by atoms with Crippen molar-refractivity contribution < 1.29 is 22.7 Å². The van der Waals surface area contributed by atoms with Gasteiger partial charge in [0.15, 0.2) is 0 Å². The van der Waals surface area contributed by atoms with Crippen LogP contribution in [0.2, 0.25) is 0 Å². The second kappa shape index (κ2) is 9.58. The molecular weight excluding hydrogens is 443 g/mol. The van der Waals surface area contributed by atoms with Crippen LogP contribution in [0.5, 0.6) is 5.75 Å². The molecule has 4 rings (SSSR count). The van der Waals surface area contributed by atoms with Crippen molar-refractivity contribution in [3.8, 4) is 5.75 Å². The largest absolute Gasteiger partial charge is 0.493 e. The van der Waals surface area contributed by atoms with E-state index in [1.54, 1.807) is 0 Å². The summed E-state index contributed by atoms with van der Waals surface area (Å²) in [5.74, 6) is 0.692. The van der Waals surface area contributed by atoms with Crippen molar-refractivity contribution >= 4 is 5.91 Å². The molecule has 2 saturated heterocycles. The number of nitrogens with zero attached hydrogens (tertiary/aromatic N) is 2. The van der Waals surface area contributed by atoms with Gasteiger partial charge in [0.2, 0.25) is 0 Å². The van der Waals surface area contributed by atoms with Crippen LogP contribution in [0, 0.1) is 13.8 Å². The molecular formula is C26H32F3N3O2. The minimum absolute atomic E-state index is 0.0718. The Morgan fingerprint density at radius 2 is 1.79 bits per heavy atom. The highest BCUT2D eigenvalue weighted by Gasteiger charge is 2.47. The number of piperazine rings is 1. The molecule has 2 aliphatic heterocycles. The van der Waals surface area contributed by atoms with Crippen molar-refractivity contribution in [2.45, 2.75) is 57.9 Å². The summed E-state index contributed by atoms with van der Waals surface area (Å²) in [4.78, 5) is 17.3. The minimum atomic E-state index is -4.41. The van der Waals surface area contributed by atoms with E-state index in [0.717, 1.165) is 42.8 Å². The molecule has 2 fully saturated rings. The summed E-state index contributed by atoms with van der Waals surface area (Å²) in [6.07, 6.45) is -2.71. The van der Waals surface area contributed by atoms with Crippen molar-refractivity contribution in [2.75, 3.05) is 26.2 Å². The third-order valence-corrected chi connectivity index (χ3v) is 7.34. The number of likely N-dealkylation sites (tertiary alicyclic amines) is 2. The molecule has 8 heteroatoms. The van der Waals surface area contributed by atoms with Crippen LogP contribution in [0.15, 0.2) is 36.4 Å². The third kappa shape index (κ3) is 4.66. The number of ether oxygens (including phenoxy) is 1. The Morgan fingerprint density at radius 3 is 2.38 bits per heavy atom. The van der Waals surface area contributed by atoms with E-state index in [0.29, 0.717) is 25.3 Å². The fraction of sp³-hybridized carbons (Fsp3) is 0.500. The quantitative estimate of drug-likeness (QED) is 0.590. The predicted molar refractivity (Wildman–Crippen MR) is 125 cm³/mol. The van der Waals surface area contributed by atoms with Gasteiger partial charge in [-0.1, -0.05) is 6.07 Å². The number of fused-ring (bicyclic) bond motifs is 2. The molecule has 3 atom stereocenters. The van der Waals surface area contributed by atoms with E-state index in [2.05, 4.69) is 31.7 Å². The van der Waals surface area contributed by atoms with Gasteiger partial charge in [0.1, 0.15) is 5.75 Å². The number of alkyl halides is 3. The van der Waals surface area contributed by atoms with Crippen LogP contribution in [0.4, 0.5) is 13.2 Å². The lowest BCUT2D eigenvalue weighted by Crippen LogP contribution is -2.49. The predicted octanol–water partition coefficient (Wildman–Crippen LogP) is 4.71. The minimum Gasteiger partial charge on any atom is -0.493 e. The number of carbonyl (C=O) groups is 1. The second-order valence-corrected chi connectivity index (χ2v) is 9.34. The highest BCUT2D eigenvalue weighted by atomic mass is 19.4. The maximum absolute atomic E-state index is 13.0. The number of carbonyl (C=O) groups excluding carboxylic acids is 1. The Morgan fingerprint density at radius 1 is 1.09 bits per heavy atom. The van der Waals surface area contributed by atoms with Gasteiger partial charge in [-0.05, 0) is 87.2 Å². The van der Waals surface area contributed by atoms with E-state index in [1.165, 1.54) is 23.3 Å². The van der Waals surface area contributed by atoms with Gasteiger partial charge in [-0.25, -0.2) is 0 Å². The average molecular weight is 476 g/mol. The molecule has 34 heavy (non-hydrogen) atoms. The maximum atomic E-state index is 13.0. The summed E-state index contributed by atoms with van der Waals surface area (Å²) in [5, 5.41) is 0. The average Bonchev–Trinajstić information content (AvgIpc) is 3.42. The van der Waals surface area contributed by atoms with Crippen LogP contribution in [0.1, 0.15) is 58.4 Å². The van der Waals surface area contributed by atoms with Crippen molar-refractivity contribution in [1.29, 1.82) is 0 Å². The van der Waals surface area contributed by atoms with Crippen molar-refractivity contribution in [1.82, 2.24) is 9.80 Å². The van der Waals surface area contributed by atoms with E-state index in [9.17, 15) is 18.0 Å². The fourth-order valence-electron chi connectivity index (χ4n) is 5.26. The zero-order valence-electron chi connectivity index (χ0n) is 19.9. The first-order chi connectivity index (χ1) is 16.1. The van der Waals surface area contributed by atoms with Gasteiger partial charge in [0.25, 0.3) is 5.91 Å². The molecule has 2 aromatic carbocycles. The van der Waals surface area contributed by atoms with Gasteiger partial charge in [-0.2, -0.15) is 13.2 Å². The van der Waals surface area contributed by atoms with E-state index in [1.807, 2.05) is 11.0 Å². The molecule has 0 aliphatic carbocycles. The summed E-state index contributed by atoms with van der Waals surface area (Å²) in [6, 6.07) is 9.16. The summed E-state index contributed by atoms with van der Waals surface area (Å²) >= 11 is 0. The molecule has 2 aliphatic rings. The number of amides is 1. The lowest BCUT2D eigenvalue weighted by Gasteiger charge is -2.38. The highest BCUT2D eigenvalue weighted by Crippen LogP contribution is 2.39. The summed E-state index contributed by atoms with van der Waals surface area (Å²) < 4.78 is 44.4. The number of rotatable bonds is 7. The Labute approximate surface area is 198 Å². The number of nitrogens with two attached hydrogens (primary N) is 1. The Kier molecular flexibility index (Phi) is 6.92. The van der Waals surface area contributed by atoms with E-state index in [4.69, 9.17) is 10.5 Å². The highest BCUT2D eigenvalue weighted by molar-refractivity contribution is 5.94. The Balaban J connectivity index is 1.42. The number of hydrogen-bond acceptors (Lipinski definition) is 4. The van der Waals surface area contributed by atoms with Gasteiger partial charge < -0.3 is 15.4 Å². The normalized spacial score (nSPS) is 21.2. The SMILES string of the molecule is Cc1c(OCCCN)ccc([C@H](C)N2C[C@@H]3C[C@H]2CN3C(=O)c2ccc(C(F)(F)F)cc2)c1C. The fourth-order valence-corrected chi connectivity index (χ4v) is 5.26. The van der Waals surface area contributed by atoms with E-state index >= 15 is 0 Å². The Hall–Kier alpha value is -2.58. The van der Waals surface area contributed by atoms with E-state index in [-0.39, 0.29) is 24.0 Å². The van der Waals surface area contributed by atoms with Crippen LogP contribution in [0.25, 0.3) is 0 Å². The number of benzene rings is 2. The molecule has 0 saturated carbocycles. The number of hydrogen-bond donors (Lipinski definition) is 1. The molecule has 2 aromatic rings. The molecule has 2 N–H and O–H groups in total. The summed E-state index contributed by atoms with van der Waals surface area (Å²) in [6.45, 7) is 8.93. The van der Waals surface area contributed by atoms with Gasteiger partial charge >= 0.3 is 6.18 Å². The van der Waals surface area contributed by atoms with E-state index < -0.39 is 11.7 Å². The Bertz CT molecular complexity index is 1040. The van der Waals surface area contributed by atoms with Gasteiger partial charge in [0.05, 0.1) is 12.2 Å². The van der Waals surface area contributed by atoms with Crippen LogP contribution < -0.4 is 10.5 Å². The molecule has 0 unspecified atom stereocenters. The lowest BCUT2D eigenvalue weighted by molar-refractivity contribution is -0.137. The first-order valence-electron chi connectivity index (χ1n) is 11.8. The smallest absolute Gasteiger partial charge is 0.416 e. The monoisotopic (exact) mass is 475 g/mol. The zero-order valence-corrected chi connectivity index (χ0v) is 19.9. The first-order valence-corrected chi connectivity index (χ1v) is 11.8. The molecule has 5 nitrogen and oxygen atoms in total. The van der Waals surface area contributed by atoms with Crippen LogP contribution in [-0.4, -0.2) is 54.0 Å². The summed E-state index contributed by atoms with van der Waals surface area (Å²) in [5.41, 5.74) is 8.70. The van der Waals surface area contributed by atoms with Crippen molar-refractivity contribution in [2.24, 2.45) is 5.73 Å². The number of halogens is 3. The van der Waals surface area contributed by atoms with Gasteiger partial charge in [-0.3, -0.25) is 9.69 Å². The molecule has 1 amide bonds. The van der Waals surface area contributed by atoms with Crippen LogP contribution in [0.3, 0.4) is 0 Å². The standard InChI is InChI=1S/C26H32F3N3O2/c1-16-17(2)24(34-12-4-11-30)10-9-23(16)18(3)31-14-22-13-21(31)15-32(22)25(33)19-5-7-20(8-6-19)26(27,28)29/h5-10,18,21-22H,4,11-15,30H2,1-3H3/t18-,21-,22-/m0/s1. The molecule has 0 aromatic heterocycles. The van der Waals surface area contributed by atoms with Gasteiger partial charge in [-0.15, -0.1) is 0 Å². The topological polar surface area (TPSA) is 58.8 Å². The van der Waals surface area contributed by atoms with Crippen LogP contribution >= 0.6 is 0 Å². The van der Waals surface area contributed by atoms with Crippen molar-refractivity contribution in [3.63, 3.8) is 0 Å². The molecule has 2 heterocycles. The first kappa shape index (κ1) is 24.5. The lowest BCUT2D eigenvalue weighted by atomic mass is 9.96. The third-order valence-electron chi connectivity index (χ3n) is 7.34. The maximum Gasteiger partial charge on any atom is 0.416 e. The molecule has 0 spiro atoms. The molecule has 2 bridgehead atoms. The molecule has 184 valence electrons. The summed E-state index contributed by atoms with van der Waals surface area (Å²) in [7, 11) is 0. The second-order valence-electron chi connectivity index (χ2n) is 9.34. The van der Waals surface area contributed by atoms with Crippen molar-refractivity contribution in [3.05, 3.63) is 64.2 Å². The molecule has 0 radical (unpaired) electrons. The zero-order chi connectivity index (χ0) is 24.6.